The summed E-state index contributed by atoms with van der Waals surface area (Å²) >= 11 is 0. The van der Waals surface area contributed by atoms with Crippen LogP contribution in [0.1, 0.15) is 12.0 Å². The molecule has 7 nitrogen and oxygen atoms in total. The molecule has 1 amide bonds. The second-order valence-corrected chi connectivity index (χ2v) is 7.06. The van der Waals surface area contributed by atoms with Gasteiger partial charge in [-0.05, 0) is 24.1 Å². The number of hydrogen-bond donors (Lipinski definition) is 2. The minimum atomic E-state index is 0. The molecule has 0 spiro atoms. The summed E-state index contributed by atoms with van der Waals surface area (Å²) in [5.74, 6) is 1.66. The van der Waals surface area contributed by atoms with E-state index in [0.717, 1.165) is 30.9 Å². The summed E-state index contributed by atoms with van der Waals surface area (Å²) in [6, 6.07) is 16.3. The van der Waals surface area contributed by atoms with Crippen molar-refractivity contribution in [3.05, 3.63) is 60.3 Å². The second-order valence-electron chi connectivity index (χ2n) is 7.06. The largest absolute Gasteiger partial charge is 0.354 e. The molecule has 156 valence electrons. The Hall–Kier alpha value is -2.36. The molecule has 0 radical (unpaired) electrons. The van der Waals surface area contributed by atoms with Crippen LogP contribution in [0.5, 0.6) is 0 Å². The van der Waals surface area contributed by atoms with Crippen LogP contribution in [0.4, 0.5) is 5.82 Å². The molecule has 1 aliphatic heterocycles. The Labute approximate surface area is 189 Å². The van der Waals surface area contributed by atoms with Gasteiger partial charge in [0.05, 0.1) is 13.1 Å². The van der Waals surface area contributed by atoms with Crippen molar-refractivity contribution in [2.45, 2.75) is 19.0 Å². The van der Waals surface area contributed by atoms with E-state index >= 15 is 0 Å². The fourth-order valence-electron chi connectivity index (χ4n) is 3.04. The zero-order chi connectivity index (χ0) is 19.8. The number of benzene rings is 1. The van der Waals surface area contributed by atoms with Gasteiger partial charge in [-0.25, -0.2) is 9.98 Å². The van der Waals surface area contributed by atoms with Crippen LogP contribution in [0.3, 0.4) is 0 Å². The maximum absolute atomic E-state index is 12.0. The molecule has 1 atom stereocenters. The minimum Gasteiger partial charge on any atom is -0.354 e. The Morgan fingerprint density at radius 2 is 1.97 bits per heavy atom. The summed E-state index contributed by atoms with van der Waals surface area (Å²) in [6.07, 6.45) is 2.81. The third-order valence-corrected chi connectivity index (χ3v) is 4.67. The lowest BCUT2D eigenvalue weighted by Crippen LogP contribution is -2.47. The molecule has 1 unspecified atom stereocenters. The zero-order valence-corrected chi connectivity index (χ0v) is 19.2. The Morgan fingerprint density at radius 3 is 2.66 bits per heavy atom. The average Bonchev–Trinajstić information content (AvgIpc) is 3.19. The molecule has 29 heavy (non-hydrogen) atoms. The van der Waals surface area contributed by atoms with Gasteiger partial charge in [-0.3, -0.25) is 4.79 Å². The first-order valence-electron chi connectivity index (χ1n) is 9.57. The van der Waals surface area contributed by atoms with Gasteiger partial charge < -0.3 is 20.4 Å². The number of amides is 1. The smallest absolute Gasteiger partial charge is 0.241 e. The molecule has 1 aromatic heterocycles. The average molecular weight is 508 g/mol. The van der Waals surface area contributed by atoms with Gasteiger partial charge in [-0.2, -0.15) is 0 Å². The SMILES string of the molecule is CN(C)C(=O)CNC(=NCc1ccccc1)NC1CCN(c2ccccn2)C1.I. The molecule has 1 fully saturated rings. The van der Waals surface area contributed by atoms with Gasteiger partial charge in [0, 0.05) is 39.4 Å². The van der Waals surface area contributed by atoms with Crippen molar-refractivity contribution >= 4 is 41.7 Å². The predicted octanol–water partition coefficient (Wildman–Crippen LogP) is 2.10. The van der Waals surface area contributed by atoms with Crippen LogP contribution in [-0.4, -0.2) is 61.5 Å². The molecule has 1 saturated heterocycles. The highest BCUT2D eigenvalue weighted by atomic mass is 127. The summed E-state index contributed by atoms with van der Waals surface area (Å²) in [5.41, 5.74) is 1.13. The van der Waals surface area contributed by atoms with E-state index in [0.29, 0.717) is 12.5 Å². The first-order valence-corrected chi connectivity index (χ1v) is 9.57. The van der Waals surface area contributed by atoms with Crippen LogP contribution < -0.4 is 15.5 Å². The molecular weight excluding hydrogens is 479 g/mol. The van der Waals surface area contributed by atoms with Crippen LogP contribution in [0.2, 0.25) is 0 Å². The third kappa shape index (κ3) is 7.19. The Bertz CT molecular complexity index is 784. The number of carbonyl (C=O) groups is 1. The molecule has 2 N–H and O–H groups in total. The molecule has 2 heterocycles. The number of guanidine groups is 1. The number of aliphatic imine (C=N–C) groups is 1. The topological polar surface area (TPSA) is 72.9 Å². The fourth-order valence-corrected chi connectivity index (χ4v) is 3.04. The lowest BCUT2D eigenvalue weighted by Gasteiger charge is -2.20. The summed E-state index contributed by atoms with van der Waals surface area (Å²) in [4.78, 5) is 24.9. The van der Waals surface area contributed by atoms with Gasteiger partial charge in [0.15, 0.2) is 5.96 Å². The fraction of sp³-hybridized carbons (Fsp3) is 0.381. The Balaban J connectivity index is 0.00000300. The molecule has 1 aliphatic rings. The summed E-state index contributed by atoms with van der Waals surface area (Å²) in [7, 11) is 3.50. The van der Waals surface area contributed by atoms with Crippen LogP contribution >= 0.6 is 24.0 Å². The van der Waals surface area contributed by atoms with Crippen molar-refractivity contribution in [1.29, 1.82) is 0 Å². The van der Waals surface area contributed by atoms with E-state index < -0.39 is 0 Å². The van der Waals surface area contributed by atoms with Gasteiger partial charge in [-0.1, -0.05) is 36.4 Å². The number of likely N-dealkylation sites (N-methyl/N-ethyl adjacent to an activating group) is 1. The number of aromatic nitrogens is 1. The highest BCUT2D eigenvalue weighted by molar-refractivity contribution is 14.0. The van der Waals surface area contributed by atoms with Crippen LogP contribution in [-0.2, 0) is 11.3 Å². The van der Waals surface area contributed by atoms with Crippen molar-refractivity contribution < 1.29 is 4.79 Å². The van der Waals surface area contributed by atoms with Gasteiger partial charge in [0.2, 0.25) is 5.91 Å². The highest BCUT2D eigenvalue weighted by Gasteiger charge is 2.24. The van der Waals surface area contributed by atoms with Crippen molar-refractivity contribution in [3.63, 3.8) is 0 Å². The lowest BCUT2D eigenvalue weighted by molar-refractivity contribution is -0.127. The zero-order valence-electron chi connectivity index (χ0n) is 16.9. The molecule has 0 bridgehead atoms. The molecule has 1 aromatic carbocycles. The van der Waals surface area contributed by atoms with Gasteiger partial charge >= 0.3 is 0 Å². The second kappa shape index (κ2) is 11.6. The standard InChI is InChI=1S/C21H28N6O.HI/c1-26(2)20(28)15-24-21(23-14-17-8-4-3-5-9-17)25-18-11-13-27(16-18)19-10-6-7-12-22-19;/h3-10,12,18H,11,13-16H2,1-2H3,(H2,23,24,25);1H. The van der Waals surface area contributed by atoms with Gasteiger partial charge in [-0.15, -0.1) is 24.0 Å². The van der Waals surface area contributed by atoms with E-state index in [1.165, 1.54) is 0 Å². The number of anilines is 1. The maximum atomic E-state index is 12.0. The van der Waals surface area contributed by atoms with Gasteiger partial charge in [0.1, 0.15) is 5.82 Å². The van der Waals surface area contributed by atoms with E-state index in [9.17, 15) is 4.79 Å². The van der Waals surface area contributed by atoms with Crippen molar-refractivity contribution in [1.82, 2.24) is 20.5 Å². The molecule has 8 heteroatoms. The predicted molar refractivity (Wildman–Crippen MR) is 128 cm³/mol. The Kier molecular flexibility index (Phi) is 9.17. The van der Waals surface area contributed by atoms with Crippen molar-refractivity contribution in [2.24, 2.45) is 4.99 Å². The monoisotopic (exact) mass is 508 g/mol. The number of halogens is 1. The molecule has 2 aromatic rings. The van der Waals surface area contributed by atoms with E-state index in [1.807, 2.05) is 54.7 Å². The molecule has 0 saturated carbocycles. The number of pyridine rings is 1. The number of nitrogens with one attached hydrogen (secondary N) is 2. The number of carbonyl (C=O) groups excluding carboxylic acids is 1. The number of nitrogens with zero attached hydrogens (tertiary/aromatic N) is 4. The van der Waals surface area contributed by atoms with Crippen LogP contribution in [0.15, 0.2) is 59.7 Å². The summed E-state index contributed by atoms with van der Waals surface area (Å²) < 4.78 is 0. The van der Waals surface area contributed by atoms with E-state index in [1.54, 1.807) is 19.0 Å². The van der Waals surface area contributed by atoms with E-state index in [-0.39, 0.29) is 42.5 Å². The number of rotatable bonds is 6. The maximum Gasteiger partial charge on any atom is 0.241 e. The van der Waals surface area contributed by atoms with Crippen molar-refractivity contribution in [2.75, 3.05) is 38.6 Å². The lowest BCUT2D eigenvalue weighted by atomic mass is 10.2. The van der Waals surface area contributed by atoms with Gasteiger partial charge in [0.25, 0.3) is 0 Å². The molecule has 3 rings (SSSR count). The highest BCUT2D eigenvalue weighted by Crippen LogP contribution is 2.17. The quantitative estimate of drug-likeness (QED) is 0.356. The molecular formula is C21H29IN6O. The van der Waals surface area contributed by atoms with Crippen molar-refractivity contribution in [3.8, 4) is 0 Å². The third-order valence-electron chi connectivity index (χ3n) is 4.67. The van der Waals surface area contributed by atoms with Crippen LogP contribution in [0, 0.1) is 0 Å². The summed E-state index contributed by atoms with van der Waals surface area (Å²) in [6.45, 7) is 2.56. The first kappa shape index (κ1) is 22.9. The van der Waals surface area contributed by atoms with Crippen LogP contribution in [0.25, 0.3) is 0 Å². The van der Waals surface area contributed by atoms with E-state index in [4.69, 9.17) is 0 Å². The first-order chi connectivity index (χ1) is 13.6. The Morgan fingerprint density at radius 1 is 1.21 bits per heavy atom. The minimum absolute atomic E-state index is 0. The normalized spacial score (nSPS) is 16.1. The summed E-state index contributed by atoms with van der Waals surface area (Å²) in [5, 5.41) is 6.65. The van der Waals surface area contributed by atoms with E-state index in [2.05, 4.69) is 25.5 Å². The molecule has 0 aliphatic carbocycles. The number of hydrogen-bond acceptors (Lipinski definition) is 4.